The van der Waals surface area contributed by atoms with Crippen LogP contribution in [0, 0.1) is 0 Å². The number of nitrogens with one attached hydrogen (secondary N) is 1. The van der Waals surface area contributed by atoms with Crippen molar-refractivity contribution in [1.29, 1.82) is 0 Å². The molecule has 5 nitrogen and oxygen atoms in total. The molecule has 0 bridgehead atoms. The highest BCUT2D eigenvalue weighted by atomic mass is 16.6. The number of hydrogen-bond acceptors (Lipinski definition) is 3. The summed E-state index contributed by atoms with van der Waals surface area (Å²) in [4.78, 5) is 25.4. The molecule has 5 heteroatoms. The van der Waals surface area contributed by atoms with E-state index in [0.29, 0.717) is 6.54 Å². The van der Waals surface area contributed by atoms with E-state index >= 15 is 0 Å². The smallest absolute Gasteiger partial charge is 0.407 e. The zero-order valence-corrected chi connectivity index (χ0v) is 16.6. The molecule has 2 amide bonds. The Hall–Kier alpha value is -2.04. The molecule has 1 aromatic rings. The van der Waals surface area contributed by atoms with E-state index in [4.69, 9.17) is 4.74 Å². The molecule has 1 aromatic carbocycles. The van der Waals surface area contributed by atoms with Gasteiger partial charge in [-0.05, 0) is 37.3 Å². The maximum absolute atomic E-state index is 12.2. The lowest BCUT2D eigenvalue weighted by Crippen LogP contribution is -2.35. The van der Waals surface area contributed by atoms with Gasteiger partial charge in [-0.2, -0.15) is 0 Å². The minimum Gasteiger partial charge on any atom is -0.444 e. The Labute approximate surface area is 151 Å². The first-order chi connectivity index (χ1) is 11.4. The molecule has 0 radical (unpaired) electrons. The van der Waals surface area contributed by atoms with Gasteiger partial charge in [0, 0.05) is 26.6 Å². The molecule has 25 heavy (non-hydrogen) atoms. The number of ether oxygens (including phenoxy) is 1. The van der Waals surface area contributed by atoms with Gasteiger partial charge in [0.2, 0.25) is 5.91 Å². The molecule has 1 rings (SSSR count). The first-order valence-electron chi connectivity index (χ1n) is 8.69. The van der Waals surface area contributed by atoms with Crippen LogP contribution in [0.4, 0.5) is 4.79 Å². The molecule has 0 saturated carbocycles. The minimum absolute atomic E-state index is 0.0176. The van der Waals surface area contributed by atoms with Crippen LogP contribution in [0.5, 0.6) is 0 Å². The Morgan fingerprint density at radius 1 is 1.04 bits per heavy atom. The van der Waals surface area contributed by atoms with E-state index in [2.05, 4.69) is 50.4 Å². The summed E-state index contributed by atoms with van der Waals surface area (Å²) in [6, 6.07) is 8.34. The number of rotatable bonds is 5. The number of nitrogens with zero attached hydrogens (tertiary/aromatic N) is 1. The molecular formula is C20H32N2O3. The standard InChI is InChI=1S/C20H32N2O3/c1-19(2,3)16-10-8-15(9-11-16)14-22(7)17(23)12-13-21-18(24)25-20(4,5)6/h8-11H,12-14H2,1-7H3,(H,21,24). The van der Waals surface area contributed by atoms with Crippen molar-refractivity contribution in [2.24, 2.45) is 0 Å². The largest absolute Gasteiger partial charge is 0.444 e. The molecule has 0 spiro atoms. The lowest BCUT2D eigenvalue weighted by Gasteiger charge is -2.21. The number of hydrogen-bond donors (Lipinski definition) is 1. The minimum atomic E-state index is -0.538. The van der Waals surface area contributed by atoms with Gasteiger partial charge in [-0.25, -0.2) is 4.79 Å². The summed E-state index contributed by atoms with van der Waals surface area (Å²) in [6.07, 6.45) is -0.253. The van der Waals surface area contributed by atoms with E-state index in [0.717, 1.165) is 5.56 Å². The van der Waals surface area contributed by atoms with E-state index in [-0.39, 0.29) is 24.3 Å². The van der Waals surface area contributed by atoms with Crippen LogP contribution in [0.1, 0.15) is 59.1 Å². The van der Waals surface area contributed by atoms with Crippen LogP contribution >= 0.6 is 0 Å². The lowest BCUT2D eigenvalue weighted by molar-refractivity contribution is -0.130. The SMILES string of the molecule is CN(Cc1ccc(C(C)(C)C)cc1)C(=O)CCNC(=O)OC(C)(C)C. The van der Waals surface area contributed by atoms with Crippen molar-refractivity contribution in [3.63, 3.8) is 0 Å². The highest BCUT2D eigenvalue weighted by Crippen LogP contribution is 2.22. The number of carbonyl (C=O) groups excluding carboxylic acids is 2. The second-order valence-electron chi connectivity index (χ2n) is 8.38. The molecule has 140 valence electrons. The molecule has 0 unspecified atom stereocenters. The van der Waals surface area contributed by atoms with Crippen LogP contribution in [0.25, 0.3) is 0 Å². The lowest BCUT2D eigenvalue weighted by atomic mass is 9.87. The fraction of sp³-hybridized carbons (Fsp3) is 0.600. The van der Waals surface area contributed by atoms with E-state index in [9.17, 15) is 9.59 Å². The normalized spacial score (nSPS) is 11.8. The van der Waals surface area contributed by atoms with Crippen LogP contribution in [0.15, 0.2) is 24.3 Å². The first-order valence-corrected chi connectivity index (χ1v) is 8.69. The maximum atomic E-state index is 12.2. The predicted octanol–water partition coefficient (Wildman–Crippen LogP) is 3.86. The van der Waals surface area contributed by atoms with Crippen LogP contribution in [-0.2, 0) is 21.5 Å². The molecule has 0 aliphatic rings. The quantitative estimate of drug-likeness (QED) is 0.879. The summed E-state index contributed by atoms with van der Waals surface area (Å²) in [6.45, 7) is 12.8. The number of carbonyl (C=O) groups is 2. The summed E-state index contributed by atoms with van der Waals surface area (Å²) in [5.74, 6) is -0.0176. The van der Waals surface area contributed by atoms with Crippen molar-refractivity contribution < 1.29 is 14.3 Å². The third-order valence-electron chi connectivity index (χ3n) is 3.67. The highest BCUT2D eigenvalue weighted by molar-refractivity contribution is 5.77. The fourth-order valence-electron chi connectivity index (χ4n) is 2.25. The van der Waals surface area contributed by atoms with Gasteiger partial charge in [0.15, 0.2) is 0 Å². The molecule has 0 aliphatic carbocycles. The summed E-state index contributed by atoms with van der Waals surface area (Å²) >= 11 is 0. The Balaban J connectivity index is 2.43. The van der Waals surface area contributed by atoms with Gasteiger partial charge >= 0.3 is 6.09 Å². The van der Waals surface area contributed by atoms with E-state index in [1.807, 2.05) is 0 Å². The molecule has 1 N–H and O–H groups in total. The topological polar surface area (TPSA) is 58.6 Å². The van der Waals surface area contributed by atoms with Gasteiger partial charge in [0.1, 0.15) is 5.60 Å². The maximum Gasteiger partial charge on any atom is 0.407 e. The molecule has 0 saturated heterocycles. The zero-order chi connectivity index (χ0) is 19.3. The Kier molecular flexibility index (Phi) is 7.03. The summed E-state index contributed by atoms with van der Waals surface area (Å²) in [7, 11) is 1.77. The average molecular weight is 348 g/mol. The Bertz CT molecular complexity index is 580. The third kappa shape index (κ3) is 8.05. The predicted molar refractivity (Wildman–Crippen MR) is 100 cm³/mol. The first kappa shape index (κ1) is 21.0. The average Bonchev–Trinajstić information content (AvgIpc) is 2.44. The molecule has 0 aliphatic heterocycles. The Morgan fingerprint density at radius 2 is 1.60 bits per heavy atom. The van der Waals surface area contributed by atoms with Crippen LogP contribution in [0.3, 0.4) is 0 Å². The van der Waals surface area contributed by atoms with Crippen molar-refractivity contribution in [3.8, 4) is 0 Å². The van der Waals surface area contributed by atoms with Gasteiger partial charge < -0.3 is 15.0 Å². The van der Waals surface area contributed by atoms with E-state index in [1.165, 1.54) is 5.56 Å². The molecule has 0 fully saturated rings. The molecular weight excluding hydrogens is 316 g/mol. The molecule has 0 atom stereocenters. The van der Waals surface area contributed by atoms with E-state index in [1.54, 1.807) is 32.7 Å². The van der Waals surface area contributed by atoms with Gasteiger partial charge in [-0.15, -0.1) is 0 Å². The van der Waals surface area contributed by atoms with Crippen LogP contribution < -0.4 is 5.32 Å². The van der Waals surface area contributed by atoms with Crippen molar-refractivity contribution in [1.82, 2.24) is 10.2 Å². The third-order valence-corrected chi connectivity index (χ3v) is 3.67. The highest BCUT2D eigenvalue weighted by Gasteiger charge is 2.17. The number of benzene rings is 1. The van der Waals surface area contributed by atoms with E-state index < -0.39 is 11.7 Å². The number of amides is 2. The number of alkyl carbamates (subject to hydrolysis) is 1. The summed E-state index contributed by atoms with van der Waals surface area (Å²) < 4.78 is 5.14. The van der Waals surface area contributed by atoms with Crippen molar-refractivity contribution >= 4 is 12.0 Å². The monoisotopic (exact) mass is 348 g/mol. The van der Waals surface area contributed by atoms with Gasteiger partial charge in [-0.3, -0.25) is 4.79 Å². The van der Waals surface area contributed by atoms with Gasteiger partial charge in [0.05, 0.1) is 0 Å². The second kappa shape index (κ2) is 8.37. The van der Waals surface area contributed by atoms with Crippen molar-refractivity contribution in [3.05, 3.63) is 35.4 Å². The molecule has 0 heterocycles. The zero-order valence-electron chi connectivity index (χ0n) is 16.6. The van der Waals surface area contributed by atoms with Crippen LogP contribution in [0.2, 0.25) is 0 Å². The van der Waals surface area contributed by atoms with Crippen molar-refractivity contribution in [2.75, 3.05) is 13.6 Å². The fourth-order valence-corrected chi connectivity index (χ4v) is 2.25. The summed E-state index contributed by atoms with van der Waals surface area (Å²) in [5.41, 5.74) is 1.94. The summed E-state index contributed by atoms with van der Waals surface area (Å²) in [5, 5.41) is 2.60. The van der Waals surface area contributed by atoms with Gasteiger partial charge in [-0.1, -0.05) is 45.0 Å². The second-order valence-corrected chi connectivity index (χ2v) is 8.38. The molecule has 0 aromatic heterocycles. The van der Waals surface area contributed by atoms with Gasteiger partial charge in [0.25, 0.3) is 0 Å². The Morgan fingerprint density at radius 3 is 2.08 bits per heavy atom. The van der Waals surface area contributed by atoms with Crippen molar-refractivity contribution in [2.45, 2.75) is 65.5 Å². The van der Waals surface area contributed by atoms with Crippen LogP contribution in [-0.4, -0.2) is 36.1 Å².